The van der Waals surface area contributed by atoms with Crippen LogP contribution in [0.25, 0.3) is 0 Å². The molecular formula is C15H22N2O5S. The number of ether oxygens (including phenoxy) is 1. The number of carbonyl (C=O) groups is 2. The van der Waals surface area contributed by atoms with E-state index < -0.39 is 28.0 Å². The number of rotatable bonds is 8. The monoisotopic (exact) mass is 342 g/mol. The van der Waals surface area contributed by atoms with Gasteiger partial charge in [-0.25, -0.2) is 13.1 Å². The van der Waals surface area contributed by atoms with Crippen LogP contribution in [0.1, 0.15) is 38.7 Å². The van der Waals surface area contributed by atoms with Gasteiger partial charge in [-0.05, 0) is 30.5 Å². The largest absolute Gasteiger partial charge is 0.453 e. The minimum atomic E-state index is -3.69. The smallest absolute Gasteiger partial charge is 0.307 e. The molecule has 3 N–H and O–H groups in total. The van der Waals surface area contributed by atoms with Crippen molar-refractivity contribution in [2.24, 2.45) is 5.73 Å². The normalized spacial score (nSPS) is 12.9. The molecule has 0 saturated heterocycles. The molecule has 8 heteroatoms. The van der Waals surface area contributed by atoms with Gasteiger partial charge in [0.2, 0.25) is 10.0 Å². The van der Waals surface area contributed by atoms with Crippen LogP contribution in [-0.2, 0) is 24.3 Å². The van der Waals surface area contributed by atoms with E-state index in [-0.39, 0.29) is 17.9 Å². The highest BCUT2D eigenvalue weighted by molar-refractivity contribution is 7.89. The van der Waals surface area contributed by atoms with Crippen molar-refractivity contribution in [1.29, 1.82) is 0 Å². The third-order valence-electron chi connectivity index (χ3n) is 3.19. The number of amides is 1. The highest BCUT2D eigenvalue weighted by Gasteiger charge is 2.17. The van der Waals surface area contributed by atoms with Crippen LogP contribution < -0.4 is 10.5 Å². The maximum absolute atomic E-state index is 12.1. The predicted octanol–water partition coefficient (Wildman–Crippen LogP) is 0.895. The van der Waals surface area contributed by atoms with Gasteiger partial charge in [0.05, 0.1) is 11.3 Å². The van der Waals surface area contributed by atoms with Gasteiger partial charge < -0.3 is 10.5 Å². The summed E-state index contributed by atoms with van der Waals surface area (Å²) in [6, 6.07) is 6.54. The average molecular weight is 342 g/mol. The van der Waals surface area contributed by atoms with Gasteiger partial charge in [0.25, 0.3) is 5.91 Å². The summed E-state index contributed by atoms with van der Waals surface area (Å²) in [5.41, 5.74) is 6.00. The van der Waals surface area contributed by atoms with Crippen molar-refractivity contribution in [3.8, 4) is 0 Å². The van der Waals surface area contributed by atoms with E-state index >= 15 is 0 Å². The van der Waals surface area contributed by atoms with Crippen LogP contribution >= 0.6 is 0 Å². The molecule has 0 unspecified atom stereocenters. The van der Waals surface area contributed by atoms with E-state index in [0.29, 0.717) is 5.92 Å². The number of nitrogens with one attached hydrogen (secondary N) is 1. The first-order valence-electron chi connectivity index (χ1n) is 7.22. The second-order valence-corrected chi connectivity index (χ2v) is 7.17. The fourth-order valence-corrected chi connectivity index (χ4v) is 2.75. The molecule has 1 aromatic carbocycles. The molecule has 0 aliphatic heterocycles. The number of carbonyl (C=O) groups excluding carboxylic acids is 2. The van der Waals surface area contributed by atoms with Gasteiger partial charge in [-0.3, -0.25) is 9.59 Å². The molecule has 1 rings (SSSR count). The highest BCUT2D eigenvalue weighted by atomic mass is 32.2. The Labute approximate surface area is 136 Å². The summed E-state index contributed by atoms with van der Waals surface area (Å²) in [6.07, 6.45) is -1.23. The summed E-state index contributed by atoms with van der Waals surface area (Å²) in [6.45, 7) is 5.25. The zero-order valence-electron chi connectivity index (χ0n) is 13.4. The van der Waals surface area contributed by atoms with Crippen molar-refractivity contribution < 1.29 is 22.7 Å². The van der Waals surface area contributed by atoms with Crippen molar-refractivity contribution >= 4 is 21.9 Å². The van der Waals surface area contributed by atoms with Gasteiger partial charge in [-0.1, -0.05) is 26.0 Å². The molecule has 7 nitrogen and oxygen atoms in total. The van der Waals surface area contributed by atoms with E-state index in [2.05, 4.69) is 4.72 Å². The van der Waals surface area contributed by atoms with Crippen LogP contribution in [0.4, 0.5) is 0 Å². The molecule has 0 aliphatic rings. The lowest BCUT2D eigenvalue weighted by molar-refractivity contribution is -0.153. The highest BCUT2D eigenvalue weighted by Crippen LogP contribution is 2.17. The van der Waals surface area contributed by atoms with Crippen molar-refractivity contribution in [2.45, 2.75) is 44.1 Å². The van der Waals surface area contributed by atoms with Gasteiger partial charge >= 0.3 is 5.97 Å². The third kappa shape index (κ3) is 5.99. The SMILES string of the molecule is CC(C)c1ccc(S(=O)(=O)NCCC(=O)O[C@H](C)C(N)=O)cc1. The van der Waals surface area contributed by atoms with Crippen molar-refractivity contribution in [3.05, 3.63) is 29.8 Å². The number of esters is 1. The first-order chi connectivity index (χ1) is 10.6. The molecule has 0 radical (unpaired) electrons. The molecule has 0 aliphatic carbocycles. The van der Waals surface area contributed by atoms with Crippen LogP contribution in [0, 0.1) is 0 Å². The van der Waals surface area contributed by atoms with Crippen LogP contribution in [0.2, 0.25) is 0 Å². The number of hydrogen-bond acceptors (Lipinski definition) is 5. The van der Waals surface area contributed by atoms with E-state index in [0.717, 1.165) is 5.56 Å². The van der Waals surface area contributed by atoms with Gasteiger partial charge in [-0.2, -0.15) is 0 Å². The van der Waals surface area contributed by atoms with E-state index in [9.17, 15) is 18.0 Å². The van der Waals surface area contributed by atoms with Crippen LogP contribution in [-0.4, -0.2) is 32.9 Å². The molecule has 0 fully saturated rings. The lowest BCUT2D eigenvalue weighted by atomic mass is 10.0. The summed E-state index contributed by atoms with van der Waals surface area (Å²) in [5, 5.41) is 0. The molecular weight excluding hydrogens is 320 g/mol. The summed E-state index contributed by atoms with van der Waals surface area (Å²) in [5.74, 6) is -1.15. The predicted molar refractivity (Wildman–Crippen MR) is 85.1 cm³/mol. The minimum absolute atomic E-state index is 0.126. The first-order valence-corrected chi connectivity index (χ1v) is 8.70. The van der Waals surface area contributed by atoms with Gasteiger partial charge in [0.1, 0.15) is 0 Å². The Balaban J connectivity index is 2.56. The topological polar surface area (TPSA) is 116 Å². The molecule has 128 valence electrons. The summed E-state index contributed by atoms with van der Waals surface area (Å²) < 4.78 is 31.2. The Bertz CT molecular complexity index is 653. The summed E-state index contributed by atoms with van der Waals surface area (Å²) >= 11 is 0. The summed E-state index contributed by atoms with van der Waals surface area (Å²) in [4.78, 5) is 22.3. The first kappa shape index (κ1) is 19.1. The third-order valence-corrected chi connectivity index (χ3v) is 4.66. The van der Waals surface area contributed by atoms with Gasteiger partial charge in [0.15, 0.2) is 6.10 Å². The minimum Gasteiger partial charge on any atom is -0.453 e. The molecule has 0 saturated carbocycles. The Morgan fingerprint density at radius 2 is 1.74 bits per heavy atom. The second kappa shape index (κ2) is 8.07. The molecule has 23 heavy (non-hydrogen) atoms. The molecule has 1 amide bonds. The lowest BCUT2D eigenvalue weighted by Crippen LogP contribution is -2.32. The van der Waals surface area contributed by atoms with E-state index in [4.69, 9.17) is 10.5 Å². The van der Waals surface area contributed by atoms with E-state index in [1.54, 1.807) is 12.1 Å². The molecule has 0 aromatic heterocycles. The molecule has 1 aromatic rings. The van der Waals surface area contributed by atoms with Gasteiger partial charge in [0, 0.05) is 6.54 Å². The molecule has 0 spiro atoms. The number of primary amides is 1. The fourth-order valence-electron chi connectivity index (χ4n) is 1.72. The molecule has 0 bridgehead atoms. The maximum atomic E-state index is 12.1. The number of sulfonamides is 1. The number of hydrogen-bond donors (Lipinski definition) is 2. The Kier molecular flexibility index (Phi) is 6.71. The van der Waals surface area contributed by atoms with E-state index in [1.807, 2.05) is 13.8 Å². The standard InChI is InChI=1S/C15H22N2O5S/c1-10(2)12-4-6-13(7-5-12)23(20,21)17-9-8-14(18)22-11(3)15(16)19/h4-7,10-11,17H,8-9H2,1-3H3,(H2,16,19)/t11-/m1/s1. The Morgan fingerprint density at radius 3 is 2.22 bits per heavy atom. The van der Waals surface area contributed by atoms with Crippen LogP contribution in [0.5, 0.6) is 0 Å². The van der Waals surface area contributed by atoms with E-state index in [1.165, 1.54) is 19.1 Å². The number of benzene rings is 1. The van der Waals surface area contributed by atoms with Crippen molar-refractivity contribution in [2.75, 3.05) is 6.54 Å². The fraction of sp³-hybridized carbons (Fsp3) is 0.467. The Morgan fingerprint density at radius 1 is 1.17 bits per heavy atom. The van der Waals surface area contributed by atoms with Crippen molar-refractivity contribution in [3.63, 3.8) is 0 Å². The lowest BCUT2D eigenvalue weighted by Gasteiger charge is -2.11. The molecule has 1 atom stereocenters. The second-order valence-electron chi connectivity index (χ2n) is 5.41. The Hall–Kier alpha value is -1.93. The van der Waals surface area contributed by atoms with Crippen LogP contribution in [0.3, 0.4) is 0 Å². The summed E-state index contributed by atoms with van der Waals surface area (Å²) in [7, 11) is -3.69. The quantitative estimate of drug-likeness (QED) is 0.681. The number of nitrogens with two attached hydrogens (primary N) is 1. The molecule has 0 heterocycles. The average Bonchev–Trinajstić information content (AvgIpc) is 2.46. The maximum Gasteiger partial charge on any atom is 0.307 e. The zero-order chi connectivity index (χ0) is 17.6. The van der Waals surface area contributed by atoms with Crippen molar-refractivity contribution in [1.82, 2.24) is 4.72 Å². The zero-order valence-corrected chi connectivity index (χ0v) is 14.2. The van der Waals surface area contributed by atoms with Crippen LogP contribution in [0.15, 0.2) is 29.2 Å². The van der Waals surface area contributed by atoms with Gasteiger partial charge in [-0.15, -0.1) is 0 Å².